The minimum absolute atomic E-state index is 0.0823. The van der Waals surface area contributed by atoms with Crippen molar-refractivity contribution in [3.8, 4) is 11.5 Å². The third kappa shape index (κ3) is 5.18. The number of carbonyl (C=O) groups excluding carboxylic acids is 3. The molecule has 0 aliphatic carbocycles. The topological polar surface area (TPSA) is 105 Å². The van der Waals surface area contributed by atoms with Gasteiger partial charge in [0, 0.05) is 29.4 Å². The van der Waals surface area contributed by atoms with Gasteiger partial charge in [-0.1, -0.05) is 36.4 Å². The number of nitrogens with one attached hydrogen (secondary N) is 1. The molecule has 2 amide bonds. The van der Waals surface area contributed by atoms with Crippen LogP contribution in [0, 0.1) is 0 Å². The molecule has 1 heterocycles. The van der Waals surface area contributed by atoms with Gasteiger partial charge in [0.05, 0.1) is 24.8 Å². The van der Waals surface area contributed by atoms with E-state index in [-0.39, 0.29) is 23.3 Å². The lowest BCUT2D eigenvalue weighted by molar-refractivity contribution is -0.132. The summed E-state index contributed by atoms with van der Waals surface area (Å²) in [6.45, 7) is 5.15. The predicted octanol–water partition coefficient (Wildman–Crippen LogP) is 5.07. The summed E-state index contributed by atoms with van der Waals surface area (Å²) >= 11 is 0. The van der Waals surface area contributed by atoms with E-state index >= 15 is 0 Å². The molecule has 1 aliphatic heterocycles. The van der Waals surface area contributed by atoms with E-state index in [1.54, 1.807) is 72.8 Å². The Morgan fingerprint density at radius 3 is 2.43 bits per heavy atom. The average molecular weight is 501 g/mol. The van der Waals surface area contributed by atoms with E-state index < -0.39 is 17.7 Å². The maximum absolute atomic E-state index is 13.5. The van der Waals surface area contributed by atoms with Gasteiger partial charge in [-0.3, -0.25) is 19.3 Å². The molecule has 4 rings (SSSR count). The van der Waals surface area contributed by atoms with Crippen LogP contribution in [0.25, 0.3) is 5.76 Å². The normalized spacial score (nSPS) is 16.7. The van der Waals surface area contributed by atoms with E-state index in [9.17, 15) is 19.5 Å². The number of rotatable bonds is 7. The number of hydrogen-bond acceptors (Lipinski definition) is 6. The molecule has 0 radical (unpaired) electrons. The summed E-state index contributed by atoms with van der Waals surface area (Å²) in [6.07, 6.45) is -0.0903. The quantitative estimate of drug-likeness (QED) is 0.267. The van der Waals surface area contributed by atoms with Crippen LogP contribution in [-0.2, 0) is 14.4 Å². The van der Waals surface area contributed by atoms with Crippen LogP contribution < -0.4 is 19.7 Å². The molecule has 3 aromatic carbocycles. The highest BCUT2D eigenvalue weighted by Gasteiger charge is 2.48. The number of aliphatic hydroxyl groups excluding tert-OH is 1. The Kier molecular flexibility index (Phi) is 7.29. The molecule has 190 valence electrons. The Morgan fingerprint density at radius 2 is 1.73 bits per heavy atom. The number of Topliss-reactive ketones (excluding diaryl/α,β-unsaturated/α-hetero) is 1. The van der Waals surface area contributed by atoms with Gasteiger partial charge in [-0.2, -0.15) is 0 Å². The molecule has 8 heteroatoms. The van der Waals surface area contributed by atoms with Crippen LogP contribution in [0.4, 0.5) is 11.4 Å². The first-order chi connectivity index (χ1) is 17.7. The number of benzene rings is 3. The number of hydrogen-bond donors (Lipinski definition) is 2. The minimum Gasteiger partial charge on any atom is -0.507 e. The summed E-state index contributed by atoms with van der Waals surface area (Å²) in [5.41, 5.74) is 1.61. The number of ketones is 1. The molecule has 0 saturated carbocycles. The van der Waals surface area contributed by atoms with Crippen molar-refractivity contribution in [3.05, 3.63) is 89.5 Å². The van der Waals surface area contributed by atoms with E-state index in [1.807, 2.05) is 13.8 Å². The number of amides is 2. The van der Waals surface area contributed by atoms with Gasteiger partial charge in [0.2, 0.25) is 5.91 Å². The van der Waals surface area contributed by atoms with Crippen molar-refractivity contribution in [2.45, 2.75) is 32.9 Å². The molecule has 8 nitrogen and oxygen atoms in total. The molecule has 0 aromatic heterocycles. The molecule has 1 atom stereocenters. The second-order valence-corrected chi connectivity index (χ2v) is 8.84. The molecule has 2 N–H and O–H groups in total. The Bertz CT molecular complexity index is 1390. The lowest BCUT2D eigenvalue weighted by atomic mass is 9.94. The van der Waals surface area contributed by atoms with Crippen LogP contribution in [0.2, 0.25) is 0 Å². The van der Waals surface area contributed by atoms with Gasteiger partial charge < -0.3 is 19.9 Å². The molecule has 1 saturated heterocycles. The largest absolute Gasteiger partial charge is 0.507 e. The van der Waals surface area contributed by atoms with Crippen molar-refractivity contribution in [2.75, 3.05) is 17.3 Å². The summed E-state index contributed by atoms with van der Waals surface area (Å²) < 4.78 is 11.3. The first-order valence-electron chi connectivity index (χ1n) is 11.8. The van der Waals surface area contributed by atoms with Gasteiger partial charge in [-0.25, -0.2) is 0 Å². The van der Waals surface area contributed by atoms with E-state index in [4.69, 9.17) is 9.47 Å². The smallest absolute Gasteiger partial charge is 0.300 e. The van der Waals surface area contributed by atoms with Crippen LogP contribution in [0.5, 0.6) is 11.5 Å². The van der Waals surface area contributed by atoms with Gasteiger partial charge in [-0.05, 0) is 50.2 Å². The Morgan fingerprint density at radius 1 is 1.00 bits per heavy atom. The Balaban J connectivity index is 1.93. The first-order valence-corrected chi connectivity index (χ1v) is 11.8. The van der Waals surface area contributed by atoms with Crippen LogP contribution in [0.3, 0.4) is 0 Å². The highest BCUT2D eigenvalue weighted by Crippen LogP contribution is 2.45. The van der Waals surface area contributed by atoms with E-state index in [0.717, 1.165) is 0 Å². The van der Waals surface area contributed by atoms with Gasteiger partial charge >= 0.3 is 0 Å². The lowest BCUT2D eigenvalue weighted by Gasteiger charge is -2.27. The van der Waals surface area contributed by atoms with Gasteiger partial charge in [0.1, 0.15) is 17.3 Å². The maximum Gasteiger partial charge on any atom is 0.300 e. The number of methoxy groups -OCH3 is 1. The van der Waals surface area contributed by atoms with Crippen LogP contribution in [0.15, 0.2) is 78.4 Å². The Hall–Kier alpha value is -4.59. The molecule has 1 fully saturated rings. The molecule has 1 aliphatic rings. The van der Waals surface area contributed by atoms with Crippen molar-refractivity contribution < 1.29 is 29.0 Å². The van der Waals surface area contributed by atoms with E-state index in [1.165, 1.54) is 18.9 Å². The fourth-order valence-electron chi connectivity index (χ4n) is 4.37. The number of aliphatic hydroxyl groups is 1. The van der Waals surface area contributed by atoms with Crippen molar-refractivity contribution in [1.82, 2.24) is 0 Å². The van der Waals surface area contributed by atoms with Crippen LogP contribution in [-0.4, -0.2) is 35.9 Å². The van der Waals surface area contributed by atoms with Gasteiger partial charge in [0.25, 0.3) is 11.7 Å². The van der Waals surface area contributed by atoms with Crippen molar-refractivity contribution in [3.63, 3.8) is 0 Å². The summed E-state index contributed by atoms with van der Waals surface area (Å²) in [6, 6.07) is 19.4. The fourth-order valence-corrected chi connectivity index (χ4v) is 4.37. The second-order valence-electron chi connectivity index (χ2n) is 8.84. The van der Waals surface area contributed by atoms with Crippen molar-refractivity contribution in [1.29, 1.82) is 0 Å². The number of para-hydroxylation sites is 1. The van der Waals surface area contributed by atoms with Crippen molar-refractivity contribution in [2.24, 2.45) is 0 Å². The lowest BCUT2D eigenvalue weighted by Crippen LogP contribution is -2.29. The minimum atomic E-state index is -0.988. The summed E-state index contributed by atoms with van der Waals surface area (Å²) in [4.78, 5) is 39.8. The Labute approximate surface area is 215 Å². The SMILES string of the molecule is COc1ccccc1C1/C(=C(\O)c2cccc(OC(C)C)c2)C(=O)C(=O)N1c1cccc(NC(C)=O)c1. The standard InChI is InChI=1S/C29H28N2O6/c1-17(2)37-22-12-7-9-19(15-22)27(33)25-26(23-13-5-6-14-24(23)36-4)31(29(35)28(25)34)21-11-8-10-20(16-21)30-18(3)32/h5-17,26,33H,1-4H3,(H,30,32)/b27-25+. The molecule has 0 bridgehead atoms. The molecular formula is C29H28N2O6. The highest BCUT2D eigenvalue weighted by molar-refractivity contribution is 6.51. The van der Waals surface area contributed by atoms with E-state index in [0.29, 0.717) is 34.0 Å². The zero-order valence-electron chi connectivity index (χ0n) is 21.0. The zero-order chi connectivity index (χ0) is 26.7. The number of anilines is 2. The summed E-state index contributed by atoms with van der Waals surface area (Å²) in [5, 5.41) is 14.1. The molecular weight excluding hydrogens is 472 g/mol. The zero-order valence-corrected chi connectivity index (χ0v) is 21.0. The number of carbonyl (C=O) groups is 3. The molecule has 3 aromatic rings. The number of ether oxygens (including phenoxy) is 2. The summed E-state index contributed by atoms with van der Waals surface area (Å²) in [7, 11) is 1.50. The second kappa shape index (κ2) is 10.6. The van der Waals surface area contributed by atoms with Crippen LogP contribution in [0.1, 0.15) is 37.9 Å². The summed E-state index contributed by atoms with van der Waals surface area (Å²) in [5.74, 6) is -1.29. The van der Waals surface area contributed by atoms with Gasteiger partial charge in [0.15, 0.2) is 0 Å². The van der Waals surface area contributed by atoms with Gasteiger partial charge in [-0.15, -0.1) is 0 Å². The van der Waals surface area contributed by atoms with Crippen LogP contribution >= 0.6 is 0 Å². The predicted molar refractivity (Wildman–Crippen MR) is 141 cm³/mol. The first kappa shape index (κ1) is 25.5. The molecule has 37 heavy (non-hydrogen) atoms. The average Bonchev–Trinajstić information content (AvgIpc) is 3.13. The highest BCUT2D eigenvalue weighted by atomic mass is 16.5. The van der Waals surface area contributed by atoms with E-state index in [2.05, 4.69) is 5.32 Å². The third-order valence-electron chi connectivity index (χ3n) is 5.80. The fraction of sp³-hybridized carbons (Fsp3) is 0.207. The van der Waals surface area contributed by atoms with Crippen molar-refractivity contribution >= 4 is 34.7 Å². The molecule has 0 spiro atoms. The third-order valence-corrected chi connectivity index (χ3v) is 5.80. The molecule has 1 unspecified atom stereocenters. The maximum atomic E-state index is 13.5. The number of nitrogens with zero attached hydrogens (tertiary/aromatic N) is 1. The monoisotopic (exact) mass is 500 g/mol.